The molecule has 9 heteroatoms. The minimum atomic E-state index is -0.867. The molecule has 23 heavy (non-hydrogen) atoms. The van der Waals surface area contributed by atoms with E-state index in [-0.39, 0.29) is 23.2 Å². The number of imide groups is 1. The fourth-order valence-electron chi connectivity index (χ4n) is 3.12. The highest BCUT2D eigenvalue weighted by molar-refractivity contribution is 6.06. The Bertz CT molecular complexity index is 706. The first kappa shape index (κ1) is 15.0. The van der Waals surface area contributed by atoms with Gasteiger partial charge in [0.1, 0.15) is 23.0 Å². The van der Waals surface area contributed by atoms with Crippen molar-refractivity contribution in [2.45, 2.75) is 25.3 Å². The zero-order valence-electron chi connectivity index (χ0n) is 12.7. The molecule has 2 fully saturated rings. The summed E-state index contributed by atoms with van der Waals surface area (Å²) in [6.45, 7) is 3.05. The lowest BCUT2D eigenvalue weighted by Gasteiger charge is -2.38. The van der Waals surface area contributed by atoms with Gasteiger partial charge in [-0.3, -0.25) is 10.1 Å². The Kier molecular flexibility index (Phi) is 3.52. The third-order valence-corrected chi connectivity index (χ3v) is 4.59. The number of amides is 3. The minimum absolute atomic E-state index is 0.0425. The number of anilines is 2. The molecule has 4 N–H and O–H groups in total. The van der Waals surface area contributed by atoms with E-state index in [0.717, 1.165) is 0 Å². The van der Waals surface area contributed by atoms with Gasteiger partial charge in [0.25, 0.3) is 5.91 Å². The van der Waals surface area contributed by atoms with Crippen LogP contribution in [0, 0.1) is 17.2 Å². The summed E-state index contributed by atoms with van der Waals surface area (Å²) in [7, 11) is 0. The summed E-state index contributed by atoms with van der Waals surface area (Å²) in [6.07, 6.45) is 2.84. The van der Waals surface area contributed by atoms with Crippen molar-refractivity contribution in [1.29, 1.82) is 5.26 Å². The first-order valence-corrected chi connectivity index (χ1v) is 7.35. The Balaban J connectivity index is 1.69. The normalized spacial score (nSPS) is 25.0. The molecule has 1 aromatic rings. The third kappa shape index (κ3) is 2.52. The van der Waals surface area contributed by atoms with Gasteiger partial charge in [-0.1, -0.05) is 0 Å². The average molecular weight is 315 g/mol. The topological polar surface area (TPSA) is 137 Å². The van der Waals surface area contributed by atoms with Crippen LogP contribution in [-0.2, 0) is 4.79 Å². The monoisotopic (exact) mass is 315 g/mol. The fourth-order valence-corrected chi connectivity index (χ4v) is 3.12. The molecule has 3 rings (SSSR count). The number of nitrogen functional groups attached to an aromatic ring is 1. The van der Waals surface area contributed by atoms with E-state index in [1.54, 1.807) is 6.92 Å². The fraction of sp³-hybridized carbons (Fsp3) is 0.500. The lowest BCUT2D eigenvalue weighted by molar-refractivity contribution is -0.125. The van der Waals surface area contributed by atoms with Crippen LogP contribution in [0.15, 0.2) is 6.20 Å². The maximum absolute atomic E-state index is 12.0. The van der Waals surface area contributed by atoms with E-state index < -0.39 is 11.6 Å². The number of nitrogens with one attached hydrogen (secondary N) is 2. The largest absolute Gasteiger partial charge is 0.382 e. The highest BCUT2D eigenvalue weighted by Crippen LogP contribution is 2.31. The van der Waals surface area contributed by atoms with Gasteiger partial charge >= 0.3 is 6.03 Å². The highest BCUT2D eigenvalue weighted by Gasteiger charge is 2.48. The molecular weight excluding hydrogens is 298 g/mol. The molecule has 0 spiro atoms. The molecule has 120 valence electrons. The minimum Gasteiger partial charge on any atom is -0.382 e. The predicted octanol–water partition coefficient (Wildman–Crippen LogP) is -0.255. The van der Waals surface area contributed by atoms with Crippen molar-refractivity contribution in [3.63, 3.8) is 0 Å². The van der Waals surface area contributed by atoms with E-state index in [1.807, 2.05) is 11.0 Å². The van der Waals surface area contributed by atoms with Gasteiger partial charge in [-0.25, -0.2) is 9.78 Å². The molecule has 0 aliphatic carbocycles. The van der Waals surface area contributed by atoms with E-state index in [0.29, 0.717) is 31.9 Å². The number of hydrogen-bond acceptors (Lipinski definition) is 7. The second-order valence-electron chi connectivity index (χ2n) is 5.95. The summed E-state index contributed by atoms with van der Waals surface area (Å²) in [5.74, 6) is 0.403. The van der Waals surface area contributed by atoms with Crippen molar-refractivity contribution in [3.8, 4) is 6.07 Å². The molecule has 2 aliphatic heterocycles. The highest BCUT2D eigenvalue weighted by atomic mass is 16.2. The van der Waals surface area contributed by atoms with E-state index >= 15 is 0 Å². The van der Waals surface area contributed by atoms with Crippen LogP contribution in [0.25, 0.3) is 0 Å². The van der Waals surface area contributed by atoms with E-state index in [2.05, 4.69) is 20.6 Å². The number of nitrogens with two attached hydrogens (primary N) is 1. The van der Waals surface area contributed by atoms with Gasteiger partial charge in [0.2, 0.25) is 5.95 Å². The summed E-state index contributed by atoms with van der Waals surface area (Å²) < 4.78 is 0. The molecule has 2 aliphatic rings. The van der Waals surface area contributed by atoms with Gasteiger partial charge in [-0.15, -0.1) is 0 Å². The molecule has 9 nitrogen and oxygen atoms in total. The Labute approximate surface area is 132 Å². The number of piperidine rings is 1. The lowest BCUT2D eigenvalue weighted by atomic mass is 9.79. The zero-order valence-corrected chi connectivity index (χ0v) is 12.7. The molecule has 0 saturated carbocycles. The first-order chi connectivity index (χ1) is 10.9. The second-order valence-corrected chi connectivity index (χ2v) is 5.95. The van der Waals surface area contributed by atoms with Crippen LogP contribution in [0.5, 0.6) is 0 Å². The van der Waals surface area contributed by atoms with Gasteiger partial charge < -0.3 is 16.0 Å². The molecule has 0 aromatic carbocycles. The molecule has 0 bridgehead atoms. The van der Waals surface area contributed by atoms with Gasteiger partial charge in [-0.2, -0.15) is 10.2 Å². The number of aromatic nitrogens is 2. The van der Waals surface area contributed by atoms with E-state index in [9.17, 15) is 9.59 Å². The summed E-state index contributed by atoms with van der Waals surface area (Å²) in [6, 6.07) is 1.49. The SMILES string of the molecule is C[C@]1(C2CCN(c3ncc(C#N)c(N)n3)CC2)NC(=O)NC1=O. The predicted molar refractivity (Wildman–Crippen MR) is 81.2 cm³/mol. The maximum atomic E-state index is 12.0. The van der Waals surface area contributed by atoms with Gasteiger partial charge in [0, 0.05) is 13.1 Å². The average Bonchev–Trinajstić information content (AvgIpc) is 2.81. The molecule has 1 aromatic heterocycles. The maximum Gasteiger partial charge on any atom is 0.322 e. The summed E-state index contributed by atoms with van der Waals surface area (Å²) in [5, 5.41) is 13.9. The summed E-state index contributed by atoms with van der Waals surface area (Å²) >= 11 is 0. The van der Waals surface area contributed by atoms with Crippen LogP contribution in [0.2, 0.25) is 0 Å². The number of urea groups is 1. The number of carbonyl (C=O) groups excluding carboxylic acids is 2. The molecular formula is C14H17N7O2. The Morgan fingerprint density at radius 3 is 2.65 bits per heavy atom. The van der Waals surface area contributed by atoms with Crippen molar-refractivity contribution in [2.24, 2.45) is 5.92 Å². The summed E-state index contributed by atoms with van der Waals surface area (Å²) in [5.41, 5.74) is 5.10. The van der Waals surface area contributed by atoms with E-state index in [1.165, 1.54) is 6.20 Å². The lowest BCUT2D eigenvalue weighted by Crippen LogP contribution is -2.54. The second kappa shape index (κ2) is 5.39. The molecule has 0 unspecified atom stereocenters. The first-order valence-electron chi connectivity index (χ1n) is 7.35. The van der Waals surface area contributed by atoms with Crippen molar-refractivity contribution in [1.82, 2.24) is 20.6 Å². The standard InChI is InChI=1S/C14H17N7O2/c1-14(11(22)19-13(23)20-14)9-2-4-21(5-3-9)12-17-7-8(6-15)10(16)18-12/h7,9H,2-5H2,1H3,(H2,16,17,18)(H2,19,20,22,23)/t14-/m1/s1. The number of nitrogens with zero attached hydrogens (tertiary/aromatic N) is 4. The van der Waals surface area contributed by atoms with Crippen LogP contribution in [0.4, 0.5) is 16.6 Å². The number of nitriles is 1. The van der Waals surface area contributed by atoms with Crippen LogP contribution in [0.3, 0.4) is 0 Å². The van der Waals surface area contributed by atoms with Crippen LogP contribution in [0.1, 0.15) is 25.3 Å². The van der Waals surface area contributed by atoms with Crippen molar-refractivity contribution in [3.05, 3.63) is 11.8 Å². The van der Waals surface area contributed by atoms with Gasteiger partial charge in [0.05, 0.1) is 6.20 Å². The van der Waals surface area contributed by atoms with Gasteiger partial charge in [-0.05, 0) is 25.7 Å². The third-order valence-electron chi connectivity index (χ3n) is 4.59. The zero-order chi connectivity index (χ0) is 16.6. The number of hydrogen-bond donors (Lipinski definition) is 3. The molecule has 2 saturated heterocycles. The number of rotatable bonds is 2. The Morgan fingerprint density at radius 1 is 1.43 bits per heavy atom. The molecule has 0 radical (unpaired) electrons. The number of carbonyl (C=O) groups is 2. The molecule has 3 amide bonds. The van der Waals surface area contributed by atoms with Crippen molar-refractivity contribution < 1.29 is 9.59 Å². The van der Waals surface area contributed by atoms with Gasteiger partial charge in [0.15, 0.2) is 0 Å². The Hall–Kier alpha value is -2.89. The van der Waals surface area contributed by atoms with Crippen molar-refractivity contribution >= 4 is 23.7 Å². The summed E-state index contributed by atoms with van der Waals surface area (Å²) in [4.78, 5) is 33.7. The van der Waals surface area contributed by atoms with E-state index in [4.69, 9.17) is 11.0 Å². The van der Waals surface area contributed by atoms with Crippen LogP contribution in [-0.4, -0.2) is 40.5 Å². The quantitative estimate of drug-likeness (QED) is 0.640. The molecule has 3 heterocycles. The van der Waals surface area contributed by atoms with Crippen molar-refractivity contribution in [2.75, 3.05) is 23.7 Å². The van der Waals surface area contributed by atoms with Crippen LogP contribution >= 0.6 is 0 Å². The smallest absolute Gasteiger partial charge is 0.322 e. The Morgan fingerprint density at radius 2 is 2.13 bits per heavy atom. The molecule has 1 atom stereocenters. The van der Waals surface area contributed by atoms with Crippen LogP contribution < -0.4 is 21.3 Å².